The highest BCUT2D eigenvalue weighted by Crippen LogP contribution is 2.20. The minimum atomic E-state index is 0.126. The molecule has 0 aliphatic carbocycles. The molecule has 0 aliphatic heterocycles. The number of aryl methyl sites for hydroxylation is 4. The molecule has 2 heterocycles. The Labute approximate surface area is 135 Å². The molecule has 0 bridgehead atoms. The van der Waals surface area contributed by atoms with E-state index >= 15 is 0 Å². The molecule has 0 unspecified atom stereocenters. The van der Waals surface area contributed by atoms with Crippen molar-refractivity contribution in [3.63, 3.8) is 0 Å². The van der Waals surface area contributed by atoms with Crippen molar-refractivity contribution in [1.29, 1.82) is 0 Å². The second-order valence-corrected chi connectivity index (χ2v) is 5.34. The Morgan fingerprint density at radius 1 is 0.826 bits per heavy atom. The predicted octanol–water partition coefficient (Wildman–Crippen LogP) is 2.62. The number of hydrogen-bond donors (Lipinski definition) is 2. The highest BCUT2D eigenvalue weighted by atomic mass is 16.3. The van der Waals surface area contributed by atoms with Crippen LogP contribution in [0, 0.1) is 27.7 Å². The van der Waals surface area contributed by atoms with Crippen molar-refractivity contribution in [2.24, 2.45) is 9.98 Å². The minimum absolute atomic E-state index is 0.126. The monoisotopic (exact) mass is 312 g/mol. The van der Waals surface area contributed by atoms with Crippen molar-refractivity contribution in [1.82, 2.24) is 9.97 Å². The molecule has 0 fully saturated rings. The van der Waals surface area contributed by atoms with Gasteiger partial charge in [-0.15, -0.1) is 0 Å². The zero-order valence-electron chi connectivity index (χ0n) is 13.7. The zero-order chi connectivity index (χ0) is 17.0. The number of aromatic hydroxyl groups is 2. The van der Waals surface area contributed by atoms with Gasteiger partial charge in [-0.05, 0) is 39.8 Å². The number of pyridine rings is 2. The number of hydrogen-bond acceptors (Lipinski definition) is 6. The summed E-state index contributed by atoms with van der Waals surface area (Å²) in [5.74, 6) is 0.253. The van der Waals surface area contributed by atoms with Gasteiger partial charge in [-0.3, -0.25) is 20.0 Å². The first kappa shape index (κ1) is 16.6. The average Bonchev–Trinajstić information content (AvgIpc) is 2.48. The van der Waals surface area contributed by atoms with E-state index in [4.69, 9.17) is 0 Å². The summed E-state index contributed by atoms with van der Waals surface area (Å²) < 4.78 is 0. The molecular formula is C17H20N4O2. The van der Waals surface area contributed by atoms with Gasteiger partial charge in [0.25, 0.3) is 0 Å². The third-order valence-electron chi connectivity index (χ3n) is 3.27. The van der Waals surface area contributed by atoms with E-state index in [1.165, 1.54) is 0 Å². The van der Waals surface area contributed by atoms with Crippen LogP contribution < -0.4 is 0 Å². The lowest BCUT2D eigenvalue weighted by molar-refractivity contribution is 0.466. The quantitative estimate of drug-likeness (QED) is 0.849. The summed E-state index contributed by atoms with van der Waals surface area (Å²) in [5, 5.41) is 19.8. The molecule has 0 aliphatic rings. The number of rotatable bonds is 4. The molecule has 0 aromatic carbocycles. The van der Waals surface area contributed by atoms with Crippen molar-refractivity contribution < 1.29 is 10.2 Å². The van der Waals surface area contributed by atoms with Crippen molar-refractivity contribution >= 4 is 12.4 Å². The predicted molar refractivity (Wildman–Crippen MR) is 90.8 cm³/mol. The molecule has 2 N–H and O–H groups in total. The molecule has 0 amide bonds. The van der Waals surface area contributed by atoms with Crippen LogP contribution in [0.4, 0.5) is 0 Å². The largest absolute Gasteiger partial charge is 0.505 e. The Balaban J connectivity index is 2.08. The molecule has 0 saturated carbocycles. The highest BCUT2D eigenvalue weighted by Gasteiger charge is 2.05. The van der Waals surface area contributed by atoms with E-state index in [0.717, 1.165) is 11.4 Å². The lowest BCUT2D eigenvalue weighted by Gasteiger charge is -2.04. The van der Waals surface area contributed by atoms with E-state index in [9.17, 15) is 10.2 Å². The second-order valence-electron chi connectivity index (χ2n) is 5.34. The van der Waals surface area contributed by atoms with Crippen LogP contribution in [-0.2, 0) is 0 Å². The maximum atomic E-state index is 9.92. The molecule has 0 radical (unpaired) electrons. The summed E-state index contributed by atoms with van der Waals surface area (Å²) in [5.41, 5.74) is 4.01. The van der Waals surface area contributed by atoms with E-state index in [0.29, 0.717) is 22.5 Å². The Hall–Kier alpha value is -2.76. The number of aliphatic imine (C=N–C) groups is 2. The summed E-state index contributed by atoms with van der Waals surface area (Å²) >= 11 is 0. The molecule has 0 saturated heterocycles. The minimum Gasteiger partial charge on any atom is -0.505 e. The Bertz CT molecular complexity index is 717. The molecule has 2 rings (SSSR count). The normalized spacial score (nSPS) is 11.7. The second kappa shape index (κ2) is 7.00. The topological polar surface area (TPSA) is 91.0 Å². The van der Waals surface area contributed by atoms with Gasteiger partial charge in [0.1, 0.15) is 18.2 Å². The van der Waals surface area contributed by atoms with Crippen molar-refractivity contribution in [2.45, 2.75) is 27.7 Å². The molecule has 23 heavy (non-hydrogen) atoms. The van der Waals surface area contributed by atoms with Gasteiger partial charge in [-0.25, -0.2) is 0 Å². The lowest BCUT2D eigenvalue weighted by atomic mass is 10.2. The Morgan fingerprint density at radius 2 is 1.22 bits per heavy atom. The Kier molecular flexibility index (Phi) is 5.05. The summed E-state index contributed by atoms with van der Waals surface area (Å²) in [6.45, 7) is 7.40. The van der Waals surface area contributed by atoms with Gasteiger partial charge in [0.2, 0.25) is 0 Å². The summed E-state index contributed by atoms with van der Waals surface area (Å²) in [6.07, 6.45) is 3.13. The number of nitrogens with zero attached hydrogens (tertiary/aromatic N) is 4. The summed E-state index contributed by atoms with van der Waals surface area (Å²) in [6, 6.07) is 3.52. The van der Waals surface area contributed by atoms with Crippen LogP contribution in [0.5, 0.6) is 11.5 Å². The van der Waals surface area contributed by atoms with Crippen LogP contribution in [0.2, 0.25) is 0 Å². The highest BCUT2D eigenvalue weighted by molar-refractivity contribution is 5.85. The fourth-order valence-electron chi connectivity index (χ4n) is 2.23. The van der Waals surface area contributed by atoms with Crippen LogP contribution in [0.3, 0.4) is 0 Å². The van der Waals surface area contributed by atoms with Crippen LogP contribution >= 0.6 is 0 Å². The molecule has 6 nitrogen and oxygen atoms in total. The van der Waals surface area contributed by atoms with E-state index < -0.39 is 0 Å². The fraction of sp³-hybridized carbons (Fsp3) is 0.294. The van der Waals surface area contributed by atoms with Gasteiger partial charge in [0.05, 0.1) is 11.4 Å². The van der Waals surface area contributed by atoms with Crippen LogP contribution in [0.1, 0.15) is 33.9 Å². The van der Waals surface area contributed by atoms with E-state index in [1.54, 1.807) is 38.4 Å². The van der Waals surface area contributed by atoms with Crippen LogP contribution in [-0.4, -0.2) is 39.3 Å². The summed E-state index contributed by atoms with van der Waals surface area (Å²) in [7, 11) is 0. The first-order valence-corrected chi connectivity index (χ1v) is 7.22. The maximum Gasteiger partial charge on any atom is 0.145 e. The molecule has 2 aromatic heterocycles. The van der Waals surface area contributed by atoms with E-state index in [-0.39, 0.29) is 18.2 Å². The molecular weight excluding hydrogens is 292 g/mol. The molecule has 0 spiro atoms. The van der Waals surface area contributed by atoms with Gasteiger partial charge >= 0.3 is 0 Å². The van der Waals surface area contributed by atoms with Crippen molar-refractivity contribution in [3.05, 3.63) is 46.0 Å². The van der Waals surface area contributed by atoms with Gasteiger partial charge in [0, 0.05) is 34.9 Å². The van der Waals surface area contributed by atoms with Gasteiger partial charge in [-0.1, -0.05) is 0 Å². The zero-order valence-corrected chi connectivity index (χ0v) is 13.7. The van der Waals surface area contributed by atoms with Crippen molar-refractivity contribution in [2.75, 3.05) is 6.67 Å². The van der Waals surface area contributed by atoms with E-state index in [1.807, 2.05) is 13.8 Å². The molecule has 2 aromatic rings. The first-order chi connectivity index (χ1) is 10.9. The lowest BCUT2D eigenvalue weighted by Crippen LogP contribution is -1.94. The van der Waals surface area contributed by atoms with Crippen molar-refractivity contribution in [3.8, 4) is 11.5 Å². The summed E-state index contributed by atoms with van der Waals surface area (Å²) in [4.78, 5) is 16.7. The van der Waals surface area contributed by atoms with Gasteiger partial charge in [-0.2, -0.15) is 0 Å². The smallest absolute Gasteiger partial charge is 0.145 e. The van der Waals surface area contributed by atoms with Crippen LogP contribution in [0.15, 0.2) is 22.1 Å². The first-order valence-electron chi connectivity index (χ1n) is 7.22. The third kappa shape index (κ3) is 4.12. The molecule has 0 atom stereocenters. The molecule has 120 valence electrons. The SMILES string of the molecule is Cc1cc(/C=N\C/N=C\c2cc(C)nc(C)c2O)c(O)c(C)n1. The van der Waals surface area contributed by atoms with E-state index in [2.05, 4.69) is 20.0 Å². The number of aromatic nitrogens is 2. The average molecular weight is 312 g/mol. The van der Waals surface area contributed by atoms with Crippen LogP contribution in [0.25, 0.3) is 0 Å². The molecule has 6 heteroatoms. The Morgan fingerprint density at radius 3 is 1.61 bits per heavy atom. The fourth-order valence-corrected chi connectivity index (χ4v) is 2.23. The third-order valence-corrected chi connectivity index (χ3v) is 3.27. The van der Waals surface area contributed by atoms with Gasteiger partial charge < -0.3 is 10.2 Å². The maximum absolute atomic E-state index is 9.92. The van der Waals surface area contributed by atoms with Gasteiger partial charge in [0.15, 0.2) is 0 Å². The standard InChI is InChI=1S/C17H20N4O2/c1-10-5-14(16(22)12(3)20-10)7-18-9-19-8-15-6-11(2)21-13(4)17(15)23/h5-8,22-23H,9H2,1-4H3/b18-7-,19-8-.